The van der Waals surface area contributed by atoms with Crippen molar-refractivity contribution in [2.24, 2.45) is 0 Å². The van der Waals surface area contributed by atoms with E-state index in [0.717, 1.165) is 11.4 Å². The minimum Gasteiger partial charge on any atom is -0.497 e. The van der Waals surface area contributed by atoms with E-state index in [4.69, 9.17) is 4.74 Å². The first-order valence-corrected chi connectivity index (χ1v) is 5.34. The molecule has 1 N–H and O–H groups in total. The van der Waals surface area contributed by atoms with Crippen LogP contribution in [0.25, 0.3) is 0 Å². The second-order valence-corrected chi connectivity index (χ2v) is 3.58. The Kier molecular flexibility index (Phi) is 3.45. The summed E-state index contributed by atoms with van der Waals surface area (Å²) in [5, 5.41) is 2.81. The molecule has 0 bridgehead atoms. The summed E-state index contributed by atoms with van der Waals surface area (Å²) in [5.74, 6) is 0.719. The number of rotatable bonds is 2. The number of benzene rings is 1. The Hall–Kier alpha value is -2.23. The first-order valence-electron chi connectivity index (χ1n) is 5.34. The molecule has 4 heteroatoms. The first kappa shape index (κ1) is 11.3. The van der Waals surface area contributed by atoms with E-state index in [0.29, 0.717) is 6.54 Å². The van der Waals surface area contributed by atoms with Gasteiger partial charge in [0, 0.05) is 24.5 Å². The molecule has 0 radical (unpaired) electrons. The third-order valence-corrected chi connectivity index (χ3v) is 2.40. The van der Waals surface area contributed by atoms with Crippen LogP contribution in [0.1, 0.15) is 0 Å². The average molecular weight is 230 g/mol. The van der Waals surface area contributed by atoms with Gasteiger partial charge < -0.3 is 10.1 Å². The predicted molar refractivity (Wildman–Crippen MR) is 67.0 cm³/mol. The maximum absolute atomic E-state index is 11.9. The van der Waals surface area contributed by atoms with Crippen LogP contribution in [-0.4, -0.2) is 24.6 Å². The quantitative estimate of drug-likeness (QED) is 0.848. The molecular weight excluding hydrogens is 216 g/mol. The molecule has 1 aromatic rings. The number of nitrogens with one attached hydrogen (secondary N) is 1. The van der Waals surface area contributed by atoms with Gasteiger partial charge in [0.2, 0.25) is 0 Å². The second-order valence-electron chi connectivity index (χ2n) is 3.58. The molecule has 2 amide bonds. The van der Waals surface area contributed by atoms with E-state index in [1.54, 1.807) is 24.3 Å². The summed E-state index contributed by atoms with van der Waals surface area (Å²) in [5.41, 5.74) is 0.720. The minimum atomic E-state index is -0.154. The van der Waals surface area contributed by atoms with Crippen molar-refractivity contribution in [3.8, 4) is 5.75 Å². The van der Waals surface area contributed by atoms with Gasteiger partial charge in [0.25, 0.3) is 0 Å². The van der Waals surface area contributed by atoms with Gasteiger partial charge in [-0.25, -0.2) is 4.79 Å². The lowest BCUT2D eigenvalue weighted by Crippen LogP contribution is -2.31. The molecule has 1 aliphatic heterocycles. The first-order chi connectivity index (χ1) is 8.29. The number of carbonyl (C=O) groups excluding carboxylic acids is 1. The van der Waals surface area contributed by atoms with Crippen LogP contribution in [-0.2, 0) is 0 Å². The van der Waals surface area contributed by atoms with E-state index in [9.17, 15) is 4.79 Å². The van der Waals surface area contributed by atoms with Gasteiger partial charge in [-0.05, 0) is 18.2 Å². The zero-order valence-electron chi connectivity index (χ0n) is 9.59. The molecule has 4 nitrogen and oxygen atoms in total. The number of methoxy groups -OCH3 is 1. The number of carbonyl (C=O) groups is 1. The third kappa shape index (κ3) is 2.87. The molecule has 1 heterocycles. The van der Waals surface area contributed by atoms with Crippen LogP contribution in [0.3, 0.4) is 0 Å². The highest BCUT2D eigenvalue weighted by Gasteiger charge is 2.10. The maximum Gasteiger partial charge on any atom is 0.326 e. The van der Waals surface area contributed by atoms with E-state index >= 15 is 0 Å². The van der Waals surface area contributed by atoms with Gasteiger partial charge in [-0.15, -0.1) is 0 Å². The van der Waals surface area contributed by atoms with Crippen molar-refractivity contribution < 1.29 is 9.53 Å². The zero-order valence-corrected chi connectivity index (χ0v) is 9.59. The lowest BCUT2D eigenvalue weighted by molar-refractivity contribution is 0.231. The summed E-state index contributed by atoms with van der Waals surface area (Å²) < 4.78 is 5.09. The van der Waals surface area contributed by atoms with Gasteiger partial charge >= 0.3 is 6.03 Å². The number of allylic oxidation sites excluding steroid dienone is 2. The van der Waals surface area contributed by atoms with Crippen LogP contribution in [0.4, 0.5) is 10.5 Å². The Morgan fingerprint density at radius 1 is 1.41 bits per heavy atom. The highest BCUT2D eigenvalue weighted by molar-refractivity contribution is 5.90. The smallest absolute Gasteiger partial charge is 0.326 e. The Balaban J connectivity index is 2.02. The fourth-order valence-corrected chi connectivity index (χ4v) is 1.51. The van der Waals surface area contributed by atoms with E-state index in [1.165, 1.54) is 0 Å². The molecule has 0 atom stereocenters. The van der Waals surface area contributed by atoms with Crippen molar-refractivity contribution in [2.75, 3.05) is 19.0 Å². The largest absolute Gasteiger partial charge is 0.497 e. The summed E-state index contributed by atoms with van der Waals surface area (Å²) in [6.45, 7) is 0.590. The maximum atomic E-state index is 11.9. The number of anilines is 1. The van der Waals surface area contributed by atoms with E-state index in [2.05, 4.69) is 5.32 Å². The van der Waals surface area contributed by atoms with Gasteiger partial charge in [-0.1, -0.05) is 18.2 Å². The summed E-state index contributed by atoms with van der Waals surface area (Å²) >= 11 is 0. The van der Waals surface area contributed by atoms with Crippen molar-refractivity contribution >= 4 is 11.7 Å². The molecule has 1 aliphatic rings. The monoisotopic (exact) mass is 230 g/mol. The fourth-order valence-electron chi connectivity index (χ4n) is 1.51. The Morgan fingerprint density at radius 2 is 2.29 bits per heavy atom. The van der Waals surface area contributed by atoms with Gasteiger partial charge in [-0.2, -0.15) is 0 Å². The molecule has 17 heavy (non-hydrogen) atoms. The standard InChI is InChI=1S/C13H14N2O2/c1-17-12-7-5-6-11(10-12)14-13(16)15-8-3-2-4-9-15/h2-8,10H,9H2,1H3,(H,14,16). The molecule has 2 rings (SSSR count). The number of hydrogen-bond acceptors (Lipinski definition) is 2. The van der Waals surface area contributed by atoms with Crippen molar-refractivity contribution in [3.05, 3.63) is 48.7 Å². The zero-order chi connectivity index (χ0) is 12.1. The fraction of sp³-hybridized carbons (Fsp3) is 0.154. The highest BCUT2D eigenvalue weighted by atomic mass is 16.5. The normalized spacial score (nSPS) is 13.6. The molecule has 0 aromatic heterocycles. The highest BCUT2D eigenvalue weighted by Crippen LogP contribution is 2.17. The molecule has 0 saturated carbocycles. The Bertz CT molecular complexity index is 466. The van der Waals surface area contributed by atoms with Crippen LogP contribution in [0.5, 0.6) is 5.75 Å². The average Bonchev–Trinajstić information content (AvgIpc) is 2.40. The lowest BCUT2D eigenvalue weighted by Gasteiger charge is -2.19. The van der Waals surface area contributed by atoms with E-state index < -0.39 is 0 Å². The van der Waals surface area contributed by atoms with E-state index in [1.807, 2.05) is 36.4 Å². The van der Waals surface area contributed by atoms with E-state index in [-0.39, 0.29) is 6.03 Å². The summed E-state index contributed by atoms with van der Waals surface area (Å²) in [4.78, 5) is 13.5. The van der Waals surface area contributed by atoms with Crippen LogP contribution in [0.15, 0.2) is 48.7 Å². The molecule has 88 valence electrons. The summed E-state index contributed by atoms with van der Waals surface area (Å²) in [6, 6.07) is 7.11. The molecule has 0 spiro atoms. The third-order valence-electron chi connectivity index (χ3n) is 2.40. The Labute approximate surface area is 100 Å². The number of urea groups is 1. The topological polar surface area (TPSA) is 41.6 Å². The lowest BCUT2D eigenvalue weighted by atomic mass is 10.3. The van der Waals surface area contributed by atoms with Gasteiger partial charge in [-0.3, -0.25) is 4.90 Å². The number of nitrogens with zero attached hydrogens (tertiary/aromatic N) is 1. The SMILES string of the molecule is COc1cccc(NC(=O)N2C=CC=CC2)c1. The van der Waals surface area contributed by atoms with Crippen LogP contribution < -0.4 is 10.1 Å². The molecule has 0 saturated heterocycles. The number of hydrogen-bond donors (Lipinski definition) is 1. The number of ether oxygens (including phenoxy) is 1. The van der Waals surface area contributed by atoms with Crippen molar-refractivity contribution in [3.63, 3.8) is 0 Å². The predicted octanol–water partition coefficient (Wildman–Crippen LogP) is 2.61. The van der Waals surface area contributed by atoms with Gasteiger partial charge in [0.1, 0.15) is 5.75 Å². The van der Waals surface area contributed by atoms with Gasteiger partial charge in [0.15, 0.2) is 0 Å². The number of amides is 2. The van der Waals surface area contributed by atoms with Crippen LogP contribution in [0.2, 0.25) is 0 Å². The Morgan fingerprint density at radius 3 is 3.00 bits per heavy atom. The minimum absolute atomic E-state index is 0.154. The van der Waals surface area contributed by atoms with Crippen molar-refractivity contribution in [2.45, 2.75) is 0 Å². The van der Waals surface area contributed by atoms with Crippen LogP contribution >= 0.6 is 0 Å². The molecule has 0 unspecified atom stereocenters. The molecule has 0 fully saturated rings. The second kappa shape index (κ2) is 5.21. The van der Waals surface area contributed by atoms with Crippen LogP contribution in [0, 0.1) is 0 Å². The summed E-state index contributed by atoms with van der Waals surface area (Å²) in [6.07, 6.45) is 7.41. The molecule has 0 aliphatic carbocycles. The van der Waals surface area contributed by atoms with Crippen molar-refractivity contribution in [1.82, 2.24) is 4.90 Å². The molecular formula is C13H14N2O2. The molecule has 1 aromatic carbocycles. The summed E-state index contributed by atoms with van der Waals surface area (Å²) in [7, 11) is 1.60. The van der Waals surface area contributed by atoms with Gasteiger partial charge in [0.05, 0.1) is 7.11 Å². The van der Waals surface area contributed by atoms with Crippen molar-refractivity contribution in [1.29, 1.82) is 0 Å².